The van der Waals surface area contributed by atoms with Gasteiger partial charge in [-0.25, -0.2) is 14.0 Å². The zero-order valence-electron chi connectivity index (χ0n) is 20.4. The minimum atomic E-state index is -3.82. The third kappa shape index (κ3) is 6.94. The second-order valence-electron chi connectivity index (χ2n) is 9.38. The van der Waals surface area contributed by atoms with Crippen LogP contribution in [0.2, 0.25) is 0 Å². The molecule has 0 amide bonds. The summed E-state index contributed by atoms with van der Waals surface area (Å²) in [5.74, 6) is 0.211. The molecule has 0 aliphatic carbocycles. The third-order valence-electron chi connectivity index (χ3n) is 6.06. The molecule has 5 N–H and O–H groups in total. The highest BCUT2D eigenvalue weighted by Gasteiger charge is 2.46. The van der Waals surface area contributed by atoms with Gasteiger partial charge in [0.1, 0.15) is 24.1 Å². The molecule has 2 aliphatic rings. The Morgan fingerprint density at radius 1 is 1.28 bits per heavy atom. The fourth-order valence-electron chi connectivity index (χ4n) is 3.75. The van der Waals surface area contributed by atoms with Gasteiger partial charge in [-0.2, -0.15) is 4.98 Å². The molecule has 0 aromatic carbocycles. The number of hydrogen-bond donors (Lipinski definition) is 4. The van der Waals surface area contributed by atoms with Gasteiger partial charge in [-0.3, -0.25) is 18.4 Å². The van der Waals surface area contributed by atoms with Crippen LogP contribution < -0.4 is 11.4 Å². The third-order valence-corrected chi connectivity index (χ3v) is 9.33. The molecule has 2 saturated heterocycles. The number of piperidine rings is 1. The van der Waals surface area contributed by atoms with E-state index in [1.54, 1.807) is 18.5 Å². The lowest BCUT2D eigenvalue weighted by Gasteiger charge is -2.33. The number of aliphatic hydroxyl groups is 3. The first kappa shape index (κ1) is 29.2. The number of hydrogen-bond acceptors (Lipinski definition) is 12. The maximum absolute atomic E-state index is 13.7. The number of aromatic nitrogens is 2. The van der Waals surface area contributed by atoms with Crippen molar-refractivity contribution in [2.75, 3.05) is 44.4 Å². The van der Waals surface area contributed by atoms with Crippen LogP contribution in [0.1, 0.15) is 39.3 Å². The molecule has 1 aromatic heterocycles. The van der Waals surface area contributed by atoms with Gasteiger partial charge in [0.25, 0.3) is 0 Å². The molecule has 0 saturated carbocycles. The lowest BCUT2D eigenvalue weighted by molar-refractivity contribution is -0.119. The zero-order chi connectivity index (χ0) is 26.5. The molecule has 2 aliphatic heterocycles. The second kappa shape index (κ2) is 12.5. The van der Waals surface area contributed by atoms with E-state index in [9.17, 15) is 29.5 Å². The van der Waals surface area contributed by atoms with Crippen molar-refractivity contribution in [1.29, 1.82) is 0 Å². The van der Waals surface area contributed by atoms with Crippen LogP contribution in [0, 0.1) is 5.41 Å². The molecule has 204 valence electrons. The van der Waals surface area contributed by atoms with E-state index in [1.807, 2.05) is 0 Å². The number of rotatable bonds is 11. The van der Waals surface area contributed by atoms with Crippen LogP contribution in [0.25, 0.3) is 0 Å². The van der Waals surface area contributed by atoms with E-state index in [1.165, 1.54) is 12.3 Å². The summed E-state index contributed by atoms with van der Waals surface area (Å²) in [5, 5.41) is 30.1. The van der Waals surface area contributed by atoms with Gasteiger partial charge in [0.2, 0.25) is 0 Å². The summed E-state index contributed by atoms with van der Waals surface area (Å²) in [6.45, 7) is 3.55. The Morgan fingerprint density at radius 3 is 2.61 bits per heavy atom. The summed E-state index contributed by atoms with van der Waals surface area (Å²) >= 11 is 0.976. The molecule has 2 fully saturated rings. The van der Waals surface area contributed by atoms with Crippen LogP contribution in [-0.4, -0.2) is 91.6 Å². The smallest absolute Gasteiger partial charge is 0.395 e. The van der Waals surface area contributed by atoms with E-state index in [0.717, 1.165) is 35.6 Å². The molecule has 2 unspecified atom stereocenters. The summed E-state index contributed by atoms with van der Waals surface area (Å²) in [6, 6.07) is 1.36. The Bertz CT molecular complexity index is 1000. The average molecular weight is 551 g/mol. The van der Waals surface area contributed by atoms with Gasteiger partial charge in [0.05, 0.1) is 25.2 Å². The summed E-state index contributed by atoms with van der Waals surface area (Å²) in [5.41, 5.74) is 3.84. The van der Waals surface area contributed by atoms with Gasteiger partial charge in [-0.05, 0) is 32.8 Å². The Kier molecular flexibility index (Phi) is 10.1. The molecule has 3 heterocycles. The van der Waals surface area contributed by atoms with Gasteiger partial charge >= 0.3 is 13.4 Å². The molecule has 0 radical (unpaired) electrons. The summed E-state index contributed by atoms with van der Waals surface area (Å²) in [7, 11) is -3.82. The molecule has 0 spiro atoms. The highest BCUT2D eigenvalue weighted by atomic mass is 32.2. The number of carbonyl (C=O) groups excluding carboxylic acids is 1. The Morgan fingerprint density at radius 2 is 1.97 bits per heavy atom. The molecule has 1 aromatic rings. The fraction of sp³-hybridized carbons (Fsp3) is 0.762. The van der Waals surface area contributed by atoms with Crippen molar-refractivity contribution in [3.05, 3.63) is 22.7 Å². The van der Waals surface area contributed by atoms with E-state index >= 15 is 0 Å². The Hall–Kier alpha value is -1.35. The highest BCUT2D eigenvalue weighted by molar-refractivity contribution is 8.13. The minimum absolute atomic E-state index is 0.00331. The molecular formula is C21H35N4O9PS. The number of anilines is 1. The maximum Gasteiger partial charge on any atom is 0.408 e. The van der Waals surface area contributed by atoms with Crippen LogP contribution >= 0.6 is 19.5 Å². The number of ether oxygens (including phenoxy) is 1. The first-order valence-corrected chi connectivity index (χ1v) is 14.3. The number of nitrogen functional groups attached to an aromatic ring is 1. The van der Waals surface area contributed by atoms with Crippen LogP contribution in [-0.2, 0) is 23.1 Å². The van der Waals surface area contributed by atoms with E-state index in [4.69, 9.17) is 19.5 Å². The highest BCUT2D eigenvalue weighted by Crippen LogP contribution is 2.53. The first-order valence-electron chi connectivity index (χ1n) is 11.8. The zero-order valence-corrected chi connectivity index (χ0v) is 22.1. The lowest BCUT2D eigenvalue weighted by Crippen LogP contribution is -2.36. The van der Waals surface area contributed by atoms with Crippen molar-refractivity contribution in [2.45, 2.75) is 57.6 Å². The normalized spacial score (nSPS) is 27.1. The van der Waals surface area contributed by atoms with Crippen molar-refractivity contribution in [3.8, 4) is 0 Å². The molecule has 0 bridgehead atoms. The fourth-order valence-corrected chi connectivity index (χ4v) is 6.52. The predicted octanol–water partition coefficient (Wildman–Crippen LogP) is 0.350. The van der Waals surface area contributed by atoms with Crippen molar-refractivity contribution in [2.24, 2.45) is 5.41 Å². The van der Waals surface area contributed by atoms with Crippen molar-refractivity contribution in [1.82, 2.24) is 14.2 Å². The van der Waals surface area contributed by atoms with Crippen LogP contribution in [0.15, 0.2) is 17.1 Å². The summed E-state index contributed by atoms with van der Waals surface area (Å²) < 4.78 is 33.4. The van der Waals surface area contributed by atoms with E-state index in [-0.39, 0.29) is 36.5 Å². The number of nitrogens with two attached hydrogens (primary N) is 1. The molecule has 13 nitrogen and oxygen atoms in total. The van der Waals surface area contributed by atoms with Gasteiger partial charge < -0.3 is 25.8 Å². The Balaban J connectivity index is 1.64. The van der Waals surface area contributed by atoms with Crippen LogP contribution in [0.3, 0.4) is 0 Å². The van der Waals surface area contributed by atoms with E-state index in [2.05, 4.69) is 4.98 Å². The summed E-state index contributed by atoms with van der Waals surface area (Å²) in [4.78, 5) is 27.9. The number of nitrogens with zero attached hydrogens (tertiary/aromatic N) is 3. The number of thioether (sulfide) groups is 1. The van der Waals surface area contributed by atoms with Gasteiger partial charge in [-0.1, -0.05) is 18.2 Å². The van der Waals surface area contributed by atoms with E-state index < -0.39 is 43.4 Å². The average Bonchev–Trinajstić information content (AvgIpc) is 3.14. The minimum Gasteiger partial charge on any atom is -0.395 e. The first-order chi connectivity index (χ1) is 17.0. The maximum atomic E-state index is 13.7. The van der Waals surface area contributed by atoms with Crippen molar-refractivity contribution >= 4 is 30.4 Å². The van der Waals surface area contributed by atoms with Crippen LogP contribution in [0.4, 0.5) is 5.82 Å². The van der Waals surface area contributed by atoms with Crippen molar-refractivity contribution < 1.29 is 38.5 Å². The lowest BCUT2D eigenvalue weighted by atomic mass is 9.97. The quantitative estimate of drug-likeness (QED) is 0.219. The molecule has 15 heteroatoms. The molecule has 5 atom stereocenters. The largest absolute Gasteiger partial charge is 0.408 e. The van der Waals surface area contributed by atoms with E-state index in [0.29, 0.717) is 13.1 Å². The summed E-state index contributed by atoms with van der Waals surface area (Å²) in [6.07, 6.45) is -1.32. The van der Waals surface area contributed by atoms with Gasteiger partial charge in [-0.15, -0.1) is 0 Å². The van der Waals surface area contributed by atoms with Gasteiger partial charge in [0.15, 0.2) is 11.3 Å². The van der Waals surface area contributed by atoms with Gasteiger partial charge in [0, 0.05) is 25.0 Å². The number of carbonyl (C=O) groups is 1. The monoisotopic (exact) mass is 550 g/mol. The predicted molar refractivity (Wildman–Crippen MR) is 132 cm³/mol. The SMILES string of the molecule is CC(C)(CO)C(=O)SCCOP(=O)(OC[C@H]1O[C@@H](n2ccc(N)nc2=O)[C@@H](O)C1O)N1CCCCC1. The molecule has 3 rings (SSSR count). The molecular weight excluding hydrogens is 515 g/mol. The van der Waals surface area contributed by atoms with Crippen LogP contribution in [0.5, 0.6) is 0 Å². The van der Waals surface area contributed by atoms with Crippen molar-refractivity contribution in [3.63, 3.8) is 0 Å². The molecule has 36 heavy (non-hydrogen) atoms. The topological polar surface area (TPSA) is 187 Å². The second-order valence-corrected chi connectivity index (χ2v) is 12.5. The Labute approximate surface area is 213 Å². The standard InChI is InChI=1S/C21H35N4O9PS/c1-21(2,13-26)19(29)36-11-10-32-35(31,24-7-4-3-5-8-24)33-12-14-16(27)17(28)18(34-14)25-9-6-15(22)23-20(25)30/h6,9,14,16-18,26-28H,3-5,7-8,10-13H2,1-2H3,(H2,22,23,30)/t14-,16?,17+,18-,35?/m1/s1. The number of aliphatic hydroxyl groups excluding tert-OH is 3.